The number of hydrogen-bond donors (Lipinski definition) is 0. The molecule has 2 amide bonds. The molecule has 0 unspecified atom stereocenters. The summed E-state index contributed by atoms with van der Waals surface area (Å²) in [5.41, 5.74) is 0.675. The third-order valence-corrected chi connectivity index (χ3v) is 6.64. The average Bonchev–Trinajstić information content (AvgIpc) is 3.14. The standard InChI is InChI=1S/C27H21Cl2NO6S/c1-2-34-22-15-17(14-21(29)24(22)36-26(32)19-10-6-7-11-20(19)28)16-23-25(31)30(27(33)37-23)12-13-35-18-8-4-3-5-9-18/h3-11,14-16H,2,12-13H2,1H3/b23-16-. The monoisotopic (exact) mass is 557 g/mol. The minimum Gasteiger partial charge on any atom is -0.492 e. The van der Waals surface area contributed by atoms with Crippen molar-refractivity contribution in [3.05, 3.63) is 92.8 Å². The molecule has 1 aliphatic heterocycles. The van der Waals surface area contributed by atoms with Gasteiger partial charge >= 0.3 is 5.97 Å². The highest BCUT2D eigenvalue weighted by Crippen LogP contribution is 2.39. The Kier molecular flexibility index (Phi) is 8.76. The lowest BCUT2D eigenvalue weighted by molar-refractivity contribution is -0.123. The summed E-state index contributed by atoms with van der Waals surface area (Å²) in [6, 6.07) is 18.7. The minimum atomic E-state index is -0.694. The van der Waals surface area contributed by atoms with Crippen LogP contribution in [0.5, 0.6) is 17.2 Å². The SMILES string of the molecule is CCOc1cc(/C=C2\SC(=O)N(CCOc3ccccc3)C2=O)cc(Cl)c1OC(=O)c1ccccc1Cl. The molecule has 3 aromatic carbocycles. The van der Waals surface area contributed by atoms with Crippen molar-refractivity contribution in [1.82, 2.24) is 4.90 Å². The number of nitrogens with zero attached hydrogens (tertiary/aromatic N) is 1. The number of hydrogen-bond acceptors (Lipinski definition) is 7. The van der Waals surface area contributed by atoms with Gasteiger partial charge in [0.25, 0.3) is 11.1 Å². The van der Waals surface area contributed by atoms with Gasteiger partial charge in [0, 0.05) is 0 Å². The quantitative estimate of drug-likeness (QED) is 0.164. The number of carbonyl (C=O) groups is 3. The Labute approximate surface area is 227 Å². The van der Waals surface area contributed by atoms with E-state index in [1.165, 1.54) is 18.2 Å². The van der Waals surface area contributed by atoms with E-state index in [0.717, 1.165) is 16.7 Å². The van der Waals surface area contributed by atoms with Crippen LogP contribution in [0.15, 0.2) is 71.6 Å². The number of amides is 2. The second-order valence-corrected chi connectivity index (χ2v) is 9.43. The zero-order valence-electron chi connectivity index (χ0n) is 19.6. The summed E-state index contributed by atoms with van der Waals surface area (Å²) in [5.74, 6) is -0.248. The maximum absolute atomic E-state index is 12.9. The van der Waals surface area contributed by atoms with Crippen LogP contribution in [0.1, 0.15) is 22.8 Å². The van der Waals surface area contributed by atoms with E-state index in [1.807, 2.05) is 18.2 Å². The maximum atomic E-state index is 12.9. The first kappa shape index (κ1) is 26.6. The van der Waals surface area contributed by atoms with Crippen molar-refractivity contribution < 1.29 is 28.6 Å². The van der Waals surface area contributed by atoms with Crippen LogP contribution in [0, 0.1) is 0 Å². The van der Waals surface area contributed by atoms with Crippen molar-refractivity contribution in [3.63, 3.8) is 0 Å². The van der Waals surface area contributed by atoms with Crippen LogP contribution in [0.3, 0.4) is 0 Å². The van der Waals surface area contributed by atoms with Gasteiger partial charge in [-0.25, -0.2) is 4.79 Å². The Hall–Kier alpha value is -3.46. The Bertz CT molecular complexity index is 1360. The van der Waals surface area contributed by atoms with Crippen LogP contribution in [0.25, 0.3) is 6.08 Å². The molecule has 1 heterocycles. The molecule has 0 saturated carbocycles. The molecule has 0 radical (unpaired) electrons. The molecule has 1 saturated heterocycles. The molecule has 7 nitrogen and oxygen atoms in total. The normalized spacial score (nSPS) is 14.2. The molecule has 0 aliphatic carbocycles. The molecule has 0 N–H and O–H groups in total. The van der Waals surface area contributed by atoms with E-state index in [9.17, 15) is 14.4 Å². The lowest BCUT2D eigenvalue weighted by atomic mass is 10.1. The second kappa shape index (κ2) is 12.2. The number of para-hydroxylation sites is 1. The summed E-state index contributed by atoms with van der Waals surface area (Å²) in [6.45, 7) is 2.32. The van der Waals surface area contributed by atoms with Gasteiger partial charge in [-0.15, -0.1) is 0 Å². The summed E-state index contributed by atoms with van der Waals surface area (Å²) in [4.78, 5) is 39.3. The lowest BCUT2D eigenvalue weighted by Crippen LogP contribution is -2.32. The van der Waals surface area contributed by atoms with Gasteiger partial charge in [-0.05, 0) is 66.7 Å². The smallest absolute Gasteiger partial charge is 0.345 e. The van der Waals surface area contributed by atoms with Crippen LogP contribution < -0.4 is 14.2 Å². The van der Waals surface area contributed by atoms with Gasteiger partial charge in [-0.1, -0.05) is 53.5 Å². The molecule has 0 atom stereocenters. The number of ether oxygens (including phenoxy) is 3. The summed E-state index contributed by atoms with van der Waals surface area (Å²) in [6.07, 6.45) is 1.54. The fourth-order valence-electron chi connectivity index (χ4n) is 3.42. The molecule has 3 aromatic rings. The van der Waals surface area contributed by atoms with Crippen molar-refractivity contribution in [1.29, 1.82) is 0 Å². The van der Waals surface area contributed by atoms with Crippen molar-refractivity contribution in [2.24, 2.45) is 0 Å². The predicted molar refractivity (Wildman–Crippen MR) is 144 cm³/mol. The van der Waals surface area contributed by atoms with Crippen LogP contribution in [-0.2, 0) is 4.79 Å². The molecule has 4 rings (SSSR count). The Balaban J connectivity index is 1.51. The Morgan fingerprint density at radius 2 is 1.70 bits per heavy atom. The Morgan fingerprint density at radius 1 is 0.973 bits per heavy atom. The van der Waals surface area contributed by atoms with E-state index < -0.39 is 17.1 Å². The molecule has 1 fully saturated rings. The third-order valence-electron chi connectivity index (χ3n) is 5.12. The summed E-state index contributed by atoms with van der Waals surface area (Å²) >= 11 is 13.4. The number of carbonyl (C=O) groups excluding carboxylic acids is 3. The first-order valence-corrected chi connectivity index (χ1v) is 12.8. The molecule has 37 heavy (non-hydrogen) atoms. The number of benzene rings is 3. The number of imide groups is 1. The van der Waals surface area contributed by atoms with Gasteiger partial charge in [-0.3, -0.25) is 14.5 Å². The van der Waals surface area contributed by atoms with E-state index in [2.05, 4.69) is 0 Å². The number of esters is 1. The minimum absolute atomic E-state index is 0.0248. The highest BCUT2D eigenvalue weighted by molar-refractivity contribution is 8.18. The predicted octanol–water partition coefficient (Wildman–Crippen LogP) is 6.73. The molecule has 0 spiro atoms. The van der Waals surface area contributed by atoms with E-state index in [-0.39, 0.29) is 51.8 Å². The van der Waals surface area contributed by atoms with Gasteiger partial charge < -0.3 is 14.2 Å². The fourth-order valence-corrected chi connectivity index (χ4v) is 4.76. The van der Waals surface area contributed by atoms with Crippen LogP contribution in [-0.4, -0.2) is 41.8 Å². The van der Waals surface area contributed by atoms with Crippen LogP contribution >= 0.6 is 35.0 Å². The molecular weight excluding hydrogens is 537 g/mol. The third kappa shape index (κ3) is 6.46. The van der Waals surface area contributed by atoms with Gasteiger partial charge in [0.15, 0.2) is 11.5 Å². The number of rotatable bonds is 9. The molecule has 1 aliphatic rings. The Morgan fingerprint density at radius 3 is 2.43 bits per heavy atom. The summed E-state index contributed by atoms with van der Waals surface area (Å²) in [7, 11) is 0. The highest BCUT2D eigenvalue weighted by atomic mass is 35.5. The van der Waals surface area contributed by atoms with Crippen LogP contribution in [0.2, 0.25) is 10.0 Å². The van der Waals surface area contributed by atoms with Gasteiger partial charge in [0.05, 0.1) is 33.7 Å². The average molecular weight is 558 g/mol. The summed E-state index contributed by atoms with van der Waals surface area (Å²) in [5, 5.41) is -0.0643. The first-order valence-electron chi connectivity index (χ1n) is 11.2. The van der Waals surface area contributed by atoms with E-state index in [0.29, 0.717) is 11.3 Å². The number of halogens is 2. The highest BCUT2D eigenvalue weighted by Gasteiger charge is 2.35. The fraction of sp³-hybridized carbons (Fsp3) is 0.148. The van der Waals surface area contributed by atoms with E-state index in [1.54, 1.807) is 43.3 Å². The first-order chi connectivity index (χ1) is 17.9. The maximum Gasteiger partial charge on any atom is 0.345 e. The van der Waals surface area contributed by atoms with Crippen molar-refractivity contribution in [3.8, 4) is 17.2 Å². The molecule has 0 bridgehead atoms. The number of thioether (sulfide) groups is 1. The molecule has 10 heteroatoms. The van der Waals surface area contributed by atoms with Crippen molar-refractivity contribution in [2.75, 3.05) is 19.8 Å². The zero-order valence-corrected chi connectivity index (χ0v) is 21.9. The van der Waals surface area contributed by atoms with Crippen LogP contribution in [0.4, 0.5) is 4.79 Å². The van der Waals surface area contributed by atoms with Gasteiger partial charge in [0.1, 0.15) is 12.4 Å². The van der Waals surface area contributed by atoms with Crippen molar-refractivity contribution in [2.45, 2.75) is 6.92 Å². The lowest BCUT2D eigenvalue weighted by Gasteiger charge is -2.14. The van der Waals surface area contributed by atoms with E-state index in [4.69, 9.17) is 37.4 Å². The van der Waals surface area contributed by atoms with Gasteiger partial charge in [-0.2, -0.15) is 0 Å². The largest absolute Gasteiger partial charge is 0.492 e. The molecule has 190 valence electrons. The molecular formula is C27H21Cl2NO6S. The topological polar surface area (TPSA) is 82.1 Å². The second-order valence-electron chi connectivity index (χ2n) is 7.63. The zero-order chi connectivity index (χ0) is 26.4. The van der Waals surface area contributed by atoms with Crippen molar-refractivity contribution >= 4 is 58.2 Å². The molecule has 0 aromatic heterocycles. The van der Waals surface area contributed by atoms with E-state index >= 15 is 0 Å². The van der Waals surface area contributed by atoms with Gasteiger partial charge in [0.2, 0.25) is 0 Å². The summed E-state index contributed by atoms with van der Waals surface area (Å²) < 4.78 is 16.8.